The Morgan fingerprint density at radius 1 is 1.24 bits per heavy atom. The van der Waals surface area contributed by atoms with Gasteiger partial charge in [-0.2, -0.15) is 4.31 Å². The van der Waals surface area contributed by atoms with E-state index in [1.165, 1.54) is 4.31 Å². The standard InChI is InChI=1S/C21H25ClN2O4S/c1-3-28-20-11-10-19(13-15(20)2)29(26,27)24-12-4-5-16(14-24)21(25)23-18-8-6-17(22)7-9-18/h6-11,13,16H,3-5,12,14H2,1-2H3,(H,23,25)/t16-/m1/s1. The molecule has 0 aliphatic carbocycles. The number of amides is 1. The van der Waals surface area contributed by atoms with Crippen molar-refractivity contribution < 1.29 is 17.9 Å². The zero-order valence-corrected chi connectivity index (χ0v) is 18.1. The second kappa shape index (κ2) is 9.15. The highest BCUT2D eigenvalue weighted by Crippen LogP contribution is 2.28. The largest absolute Gasteiger partial charge is 0.494 e. The van der Waals surface area contributed by atoms with E-state index in [0.29, 0.717) is 42.5 Å². The van der Waals surface area contributed by atoms with E-state index in [0.717, 1.165) is 5.56 Å². The van der Waals surface area contributed by atoms with Crippen LogP contribution in [0.2, 0.25) is 5.02 Å². The van der Waals surface area contributed by atoms with E-state index in [1.807, 2.05) is 13.8 Å². The van der Waals surface area contributed by atoms with Crippen LogP contribution in [0.15, 0.2) is 47.4 Å². The lowest BCUT2D eigenvalue weighted by Gasteiger charge is -2.31. The van der Waals surface area contributed by atoms with Crippen LogP contribution in [0, 0.1) is 12.8 Å². The lowest BCUT2D eigenvalue weighted by molar-refractivity contribution is -0.120. The molecule has 0 radical (unpaired) electrons. The van der Waals surface area contributed by atoms with Crippen molar-refractivity contribution in [2.75, 3.05) is 25.0 Å². The van der Waals surface area contributed by atoms with Crippen LogP contribution in [0.3, 0.4) is 0 Å². The molecule has 8 heteroatoms. The minimum Gasteiger partial charge on any atom is -0.494 e. The van der Waals surface area contributed by atoms with Crippen molar-refractivity contribution in [2.45, 2.75) is 31.6 Å². The quantitative estimate of drug-likeness (QED) is 0.740. The van der Waals surface area contributed by atoms with E-state index in [1.54, 1.807) is 42.5 Å². The number of sulfonamides is 1. The van der Waals surface area contributed by atoms with Gasteiger partial charge in [0.2, 0.25) is 15.9 Å². The van der Waals surface area contributed by atoms with E-state index in [4.69, 9.17) is 16.3 Å². The summed E-state index contributed by atoms with van der Waals surface area (Å²) in [6.45, 7) is 4.78. The SMILES string of the molecule is CCOc1ccc(S(=O)(=O)N2CCC[C@@H](C(=O)Nc3ccc(Cl)cc3)C2)cc1C. The molecule has 0 saturated carbocycles. The third-order valence-electron chi connectivity index (χ3n) is 4.95. The predicted octanol–water partition coefficient (Wildman–Crippen LogP) is 4.09. The summed E-state index contributed by atoms with van der Waals surface area (Å²) in [6, 6.07) is 11.7. The first kappa shape index (κ1) is 21.6. The van der Waals surface area contributed by atoms with Gasteiger partial charge in [-0.3, -0.25) is 4.79 Å². The van der Waals surface area contributed by atoms with Gasteiger partial charge in [0.1, 0.15) is 5.75 Å². The third-order valence-corrected chi connectivity index (χ3v) is 7.06. The van der Waals surface area contributed by atoms with Gasteiger partial charge in [-0.1, -0.05) is 11.6 Å². The molecule has 1 aliphatic heterocycles. The van der Waals surface area contributed by atoms with E-state index in [-0.39, 0.29) is 17.3 Å². The molecule has 1 saturated heterocycles. The number of benzene rings is 2. The summed E-state index contributed by atoms with van der Waals surface area (Å²) in [5.74, 6) is 0.0819. The van der Waals surface area contributed by atoms with Gasteiger partial charge in [0.15, 0.2) is 0 Å². The molecule has 6 nitrogen and oxygen atoms in total. The molecule has 156 valence electrons. The zero-order chi connectivity index (χ0) is 21.0. The lowest BCUT2D eigenvalue weighted by atomic mass is 9.99. The Kier molecular flexibility index (Phi) is 6.82. The molecule has 1 N–H and O–H groups in total. The monoisotopic (exact) mass is 436 g/mol. The Morgan fingerprint density at radius 3 is 2.62 bits per heavy atom. The molecule has 29 heavy (non-hydrogen) atoms. The van der Waals surface area contributed by atoms with Crippen LogP contribution in [0.1, 0.15) is 25.3 Å². The predicted molar refractivity (Wildman–Crippen MR) is 114 cm³/mol. The Balaban J connectivity index is 1.72. The molecular formula is C21H25ClN2O4S. The van der Waals surface area contributed by atoms with Gasteiger partial charge in [0.25, 0.3) is 0 Å². The molecule has 0 unspecified atom stereocenters. The number of carbonyl (C=O) groups excluding carboxylic acids is 1. The van der Waals surface area contributed by atoms with Crippen molar-refractivity contribution in [3.8, 4) is 5.75 Å². The number of nitrogens with zero attached hydrogens (tertiary/aromatic N) is 1. The van der Waals surface area contributed by atoms with Crippen LogP contribution in [-0.4, -0.2) is 38.3 Å². The summed E-state index contributed by atoms with van der Waals surface area (Å²) < 4.78 is 33.1. The van der Waals surface area contributed by atoms with Gasteiger partial charge in [-0.05, 0) is 74.7 Å². The molecule has 2 aromatic carbocycles. The average molecular weight is 437 g/mol. The average Bonchev–Trinajstić information content (AvgIpc) is 2.71. The Hall–Kier alpha value is -2.09. The molecule has 2 aromatic rings. The van der Waals surface area contributed by atoms with E-state index >= 15 is 0 Å². The normalized spacial score (nSPS) is 17.7. The van der Waals surface area contributed by atoms with Gasteiger partial charge in [0, 0.05) is 23.8 Å². The molecule has 0 bridgehead atoms. The zero-order valence-electron chi connectivity index (χ0n) is 16.5. The van der Waals surface area contributed by atoms with Gasteiger partial charge >= 0.3 is 0 Å². The number of ether oxygens (including phenoxy) is 1. The number of aryl methyl sites for hydroxylation is 1. The van der Waals surface area contributed by atoms with Gasteiger partial charge < -0.3 is 10.1 Å². The highest BCUT2D eigenvalue weighted by molar-refractivity contribution is 7.89. The van der Waals surface area contributed by atoms with Crippen molar-refractivity contribution in [1.29, 1.82) is 0 Å². The van der Waals surface area contributed by atoms with Crippen LogP contribution in [0.4, 0.5) is 5.69 Å². The second-order valence-corrected chi connectivity index (χ2v) is 9.43. The van der Waals surface area contributed by atoms with E-state index in [2.05, 4.69) is 5.32 Å². The van der Waals surface area contributed by atoms with Gasteiger partial charge in [-0.25, -0.2) is 8.42 Å². The fourth-order valence-corrected chi connectivity index (χ4v) is 5.14. The third kappa shape index (κ3) is 5.10. The molecule has 1 amide bonds. The first-order chi connectivity index (χ1) is 13.8. The molecular weight excluding hydrogens is 412 g/mol. The number of nitrogens with one attached hydrogen (secondary N) is 1. The summed E-state index contributed by atoms with van der Waals surface area (Å²) in [5, 5.41) is 3.43. The van der Waals surface area contributed by atoms with E-state index < -0.39 is 15.9 Å². The second-order valence-electron chi connectivity index (χ2n) is 7.06. The first-order valence-electron chi connectivity index (χ1n) is 9.61. The number of halogens is 1. The minimum atomic E-state index is -3.68. The maximum absolute atomic E-state index is 13.1. The van der Waals surface area contributed by atoms with Crippen molar-refractivity contribution in [3.05, 3.63) is 53.1 Å². The molecule has 3 rings (SSSR count). The van der Waals surface area contributed by atoms with Gasteiger partial charge in [-0.15, -0.1) is 0 Å². The lowest BCUT2D eigenvalue weighted by Crippen LogP contribution is -2.43. The fraction of sp³-hybridized carbons (Fsp3) is 0.381. The highest BCUT2D eigenvalue weighted by Gasteiger charge is 2.33. The van der Waals surface area contributed by atoms with Crippen LogP contribution in [-0.2, 0) is 14.8 Å². The fourth-order valence-electron chi connectivity index (χ4n) is 3.40. The topological polar surface area (TPSA) is 75.7 Å². The smallest absolute Gasteiger partial charge is 0.243 e. The Bertz CT molecular complexity index is 977. The number of hydrogen-bond donors (Lipinski definition) is 1. The summed E-state index contributed by atoms with van der Waals surface area (Å²) >= 11 is 5.87. The Morgan fingerprint density at radius 2 is 1.97 bits per heavy atom. The summed E-state index contributed by atoms with van der Waals surface area (Å²) in [4.78, 5) is 12.9. The number of carbonyl (C=O) groups is 1. The van der Waals surface area contributed by atoms with Crippen molar-refractivity contribution in [3.63, 3.8) is 0 Å². The minimum absolute atomic E-state index is 0.161. The van der Waals surface area contributed by atoms with Crippen LogP contribution in [0.5, 0.6) is 5.75 Å². The summed E-state index contributed by atoms with van der Waals surface area (Å²) in [5.41, 5.74) is 1.41. The molecule has 1 heterocycles. The molecule has 1 atom stereocenters. The number of anilines is 1. The Labute approximate surface area is 176 Å². The maximum Gasteiger partial charge on any atom is 0.243 e. The molecule has 0 aromatic heterocycles. The number of piperidine rings is 1. The van der Waals surface area contributed by atoms with Crippen LogP contribution < -0.4 is 10.1 Å². The van der Waals surface area contributed by atoms with Crippen molar-refractivity contribution >= 4 is 33.2 Å². The molecule has 1 fully saturated rings. The van der Waals surface area contributed by atoms with Gasteiger partial charge in [0.05, 0.1) is 17.4 Å². The molecule has 0 spiro atoms. The number of rotatable bonds is 6. The maximum atomic E-state index is 13.1. The van der Waals surface area contributed by atoms with E-state index in [9.17, 15) is 13.2 Å². The van der Waals surface area contributed by atoms with Crippen molar-refractivity contribution in [1.82, 2.24) is 4.31 Å². The van der Waals surface area contributed by atoms with Crippen LogP contribution in [0.25, 0.3) is 0 Å². The summed E-state index contributed by atoms with van der Waals surface area (Å²) in [7, 11) is -3.68. The summed E-state index contributed by atoms with van der Waals surface area (Å²) in [6.07, 6.45) is 1.28. The van der Waals surface area contributed by atoms with Crippen molar-refractivity contribution in [2.24, 2.45) is 5.92 Å². The number of hydrogen-bond acceptors (Lipinski definition) is 4. The van der Waals surface area contributed by atoms with Crippen LogP contribution >= 0.6 is 11.6 Å². The first-order valence-corrected chi connectivity index (χ1v) is 11.4. The highest BCUT2D eigenvalue weighted by atomic mass is 35.5. The molecule has 1 aliphatic rings.